The molecule has 0 fully saturated rings. The maximum Gasteiger partial charge on any atom is 0.416 e. The summed E-state index contributed by atoms with van der Waals surface area (Å²) in [5.74, 6) is -0.389. The zero-order chi connectivity index (χ0) is 22.9. The van der Waals surface area contributed by atoms with E-state index in [1.165, 1.54) is 16.7 Å². The first-order chi connectivity index (χ1) is 15.2. The summed E-state index contributed by atoms with van der Waals surface area (Å²) in [5.41, 5.74) is 1.67. The molecule has 2 heterocycles. The van der Waals surface area contributed by atoms with Gasteiger partial charge in [0.25, 0.3) is 11.5 Å². The second kappa shape index (κ2) is 8.26. The van der Waals surface area contributed by atoms with Gasteiger partial charge in [0, 0.05) is 30.9 Å². The molecule has 0 aliphatic heterocycles. The average molecular weight is 438 g/mol. The number of carbonyl (C=O) groups excluding carboxylic acids is 1. The van der Waals surface area contributed by atoms with Crippen molar-refractivity contribution in [2.24, 2.45) is 7.05 Å². The number of hydrogen-bond donors (Lipinski definition) is 1. The van der Waals surface area contributed by atoms with Crippen LogP contribution in [0.5, 0.6) is 0 Å². The summed E-state index contributed by atoms with van der Waals surface area (Å²) in [6.45, 7) is 0.0818. The standard InChI is InChI=1S/C23H17F3N4O2/c1-30-20-18(3-2-12-27-20)29-19(22(30)32)15-6-8-16(9-7-15)21(31)28-13-14-4-10-17(11-5-14)23(24,25)26/h2-12H,13H2,1H3,(H,28,31). The van der Waals surface area contributed by atoms with Crippen molar-refractivity contribution in [2.75, 3.05) is 0 Å². The van der Waals surface area contributed by atoms with E-state index in [-0.39, 0.29) is 23.7 Å². The molecule has 2 aromatic carbocycles. The SMILES string of the molecule is Cn1c(=O)c(-c2ccc(C(=O)NCc3ccc(C(F)(F)F)cc3)cc2)nc2cccnc21. The predicted octanol–water partition coefficient (Wildman–Crippen LogP) is 3.94. The van der Waals surface area contributed by atoms with Crippen molar-refractivity contribution in [1.29, 1.82) is 0 Å². The van der Waals surface area contributed by atoms with Gasteiger partial charge >= 0.3 is 6.18 Å². The van der Waals surface area contributed by atoms with Gasteiger partial charge in [0.1, 0.15) is 11.2 Å². The Hall–Kier alpha value is -4.01. The van der Waals surface area contributed by atoms with E-state index in [0.717, 1.165) is 12.1 Å². The van der Waals surface area contributed by atoms with E-state index >= 15 is 0 Å². The number of aromatic nitrogens is 3. The Bertz CT molecular complexity index is 1350. The van der Waals surface area contributed by atoms with Crippen LogP contribution in [0.15, 0.2) is 71.7 Å². The summed E-state index contributed by atoms with van der Waals surface area (Å²) >= 11 is 0. The molecule has 0 aliphatic rings. The summed E-state index contributed by atoms with van der Waals surface area (Å²) in [6, 6.07) is 14.5. The van der Waals surface area contributed by atoms with Crippen LogP contribution < -0.4 is 10.9 Å². The molecular weight excluding hydrogens is 421 g/mol. The van der Waals surface area contributed by atoms with Crippen molar-refractivity contribution >= 4 is 17.1 Å². The highest BCUT2D eigenvalue weighted by atomic mass is 19.4. The maximum atomic E-state index is 12.7. The van der Waals surface area contributed by atoms with Gasteiger partial charge in [0.05, 0.1) is 5.56 Å². The van der Waals surface area contributed by atoms with E-state index in [0.29, 0.717) is 27.9 Å². The third kappa shape index (κ3) is 4.22. The van der Waals surface area contributed by atoms with Crippen LogP contribution in [0.1, 0.15) is 21.5 Å². The fraction of sp³-hybridized carbons (Fsp3) is 0.130. The molecule has 0 saturated carbocycles. The van der Waals surface area contributed by atoms with Crippen LogP contribution in [-0.4, -0.2) is 20.4 Å². The minimum absolute atomic E-state index is 0.0818. The van der Waals surface area contributed by atoms with Gasteiger partial charge in [-0.15, -0.1) is 0 Å². The Labute approximate surface area is 180 Å². The summed E-state index contributed by atoms with van der Waals surface area (Å²) in [6.07, 6.45) is -2.82. The Balaban J connectivity index is 1.49. The number of carbonyl (C=O) groups is 1. The van der Waals surface area contributed by atoms with Crippen LogP contribution in [0, 0.1) is 0 Å². The van der Waals surface area contributed by atoms with E-state index in [2.05, 4.69) is 15.3 Å². The van der Waals surface area contributed by atoms with Crippen LogP contribution in [0.4, 0.5) is 13.2 Å². The minimum atomic E-state index is -4.40. The van der Waals surface area contributed by atoms with Crippen LogP contribution in [-0.2, 0) is 19.8 Å². The lowest BCUT2D eigenvalue weighted by atomic mass is 10.1. The molecule has 0 saturated heterocycles. The molecule has 6 nitrogen and oxygen atoms in total. The molecule has 4 rings (SSSR count). The van der Waals surface area contributed by atoms with Crippen LogP contribution >= 0.6 is 0 Å². The Morgan fingerprint density at radius 2 is 1.72 bits per heavy atom. The second-order valence-electron chi connectivity index (χ2n) is 7.13. The van der Waals surface area contributed by atoms with E-state index in [1.54, 1.807) is 49.6 Å². The topological polar surface area (TPSA) is 76.9 Å². The quantitative estimate of drug-likeness (QED) is 0.524. The summed E-state index contributed by atoms with van der Waals surface area (Å²) in [4.78, 5) is 33.6. The van der Waals surface area contributed by atoms with Crippen molar-refractivity contribution in [1.82, 2.24) is 19.9 Å². The van der Waals surface area contributed by atoms with E-state index in [4.69, 9.17) is 0 Å². The minimum Gasteiger partial charge on any atom is -0.348 e. The summed E-state index contributed by atoms with van der Waals surface area (Å²) in [5, 5.41) is 2.67. The third-order valence-corrected chi connectivity index (χ3v) is 4.98. The summed E-state index contributed by atoms with van der Waals surface area (Å²) < 4.78 is 39.3. The zero-order valence-electron chi connectivity index (χ0n) is 16.8. The molecule has 1 amide bonds. The number of nitrogens with one attached hydrogen (secondary N) is 1. The monoisotopic (exact) mass is 438 g/mol. The zero-order valence-corrected chi connectivity index (χ0v) is 16.8. The van der Waals surface area contributed by atoms with Crippen LogP contribution in [0.2, 0.25) is 0 Å². The number of alkyl halides is 3. The number of halogens is 3. The van der Waals surface area contributed by atoms with Crippen LogP contribution in [0.3, 0.4) is 0 Å². The number of nitrogens with zero attached hydrogens (tertiary/aromatic N) is 3. The Kier molecular flexibility index (Phi) is 5.48. The van der Waals surface area contributed by atoms with Gasteiger partial charge in [-0.3, -0.25) is 14.2 Å². The number of pyridine rings is 1. The molecule has 9 heteroatoms. The lowest BCUT2D eigenvalue weighted by Gasteiger charge is -2.09. The normalized spacial score (nSPS) is 11.5. The van der Waals surface area contributed by atoms with Gasteiger partial charge in [-0.1, -0.05) is 24.3 Å². The van der Waals surface area contributed by atoms with Crippen molar-refractivity contribution in [3.8, 4) is 11.3 Å². The highest BCUT2D eigenvalue weighted by molar-refractivity contribution is 5.94. The molecule has 2 aromatic heterocycles. The van der Waals surface area contributed by atoms with Crippen LogP contribution in [0.25, 0.3) is 22.4 Å². The van der Waals surface area contributed by atoms with Gasteiger partial charge < -0.3 is 5.32 Å². The highest BCUT2D eigenvalue weighted by Crippen LogP contribution is 2.29. The lowest BCUT2D eigenvalue weighted by Crippen LogP contribution is -2.23. The van der Waals surface area contributed by atoms with Gasteiger partial charge in [0.15, 0.2) is 5.65 Å². The predicted molar refractivity (Wildman–Crippen MR) is 113 cm³/mol. The lowest BCUT2D eigenvalue weighted by molar-refractivity contribution is -0.137. The van der Waals surface area contributed by atoms with E-state index < -0.39 is 11.7 Å². The molecule has 32 heavy (non-hydrogen) atoms. The first-order valence-corrected chi connectivity index (χ1v) is 9.60. The van der Waals surface area contributed by atoms with E-state index in [1.807, 2.05) is 0 Å². The molecule has 0 unspecified atom stereocenters. The van der Waals surface area contributed by atoms with Crippen molar-refractivity contribution in [2.45, 2.75) is 12.7 Å². The van der Waals surface area contributed by atoms with Gasteiger partial charge in [-0.05, 0) is 42.0 Å². The maximum absolute atomic E-state index is 12.7. The van der Waals surface area contributed by atoms with Gasteiger partial charge in [-0.25, -0.2) is 9.97 Å². The number of amides is 1. The molecule has 4 aromatic rings. The Morgan fingerprint density at radius 1 is 1.03 bits per heavy atom. The molecule has 0 radical (unpaired) electrons. The smallest absolute Gasteiger partial charge is 0.348 e. The first-order valence-electron chi connectivity index (χ1n) is 9.60. The molecular formula is C23H17F3N4O2. The number of fused-ring (bicyclic) bond motifs is 1. The molecule has 1 N–H and O–H groups in total. The summed E-state index contributed by atoms with van der Waals surface area (Å²) in [7, 11) is 1.62. The number of rotatable bonds is 4. The Morgan fingerprint density at radius 3 is 2.38 bits per heavy atom. The fourth-order valence-electron chi connectivity index (χ4n) is 3.22. The third-order valence-electron chi connectivity index (χ3n) is 4.98. The van der Waals surface area contributed by atoms with Crippen molar-refractivity contribution < 1.29 is 18.0 Å². The van der Waals surface area contributed by atoms with Crippen molar-refractivity contribution in [3.63, 3.8) is 0 Å². The number of aryl methyl sites for hydroxylation is 1. The molecule has 0 atom stereocenters. The first kappa shape index (κ1) is 21.2. The molecule has 0 bridgehead atoms. The molecule has 162 valence electrons. The molecule has 0 spiro atoms. The largest absolute Gasteiger partial charge is 0.416 e. The van der Waals surface area contributed by atoms with Gasteiger partial charge in [0.2, 0.25) is 0 Å². The average Bonchev–Trinajstić information content (AvgIpc) is 2.79. The highest BCUT2D eigenvalue weighted by Gasteiger charge is 2.29. The van der Waals surface area contributed by atoms with E-state index in [9.17, 15) is 22.8 Å². The number of hydrogen-bond acceptors (Lipinski definition) is 4. The fourth-order valence-corrected chi connectivity index (χ4v) is 3.22. The second-order valence-corrected chi connectivity index (χ2v) is 7.13. The van der Waals surface area contributed by atoms with Gasteiger partial charge in [-0.2, -0.15) is 13.2 Å². The molecule has 0 aliphatic carbocycles. The van der Waals surface area contributed by atoms with Crippen molar-refractivity contribution in [3.05, 3.63) is 93.9 Å². The number of benzene rings is 2.